The van der Waals surface area contributed by atoms with Gasteiger partial charge in [-0.3, -0.25) is 9.59 Å². The van der Waals surface area contributed by atoms with E-state index in [0.717, 1.165) is 50.5 Å². The minimum Gasteiger partial charge on any atom is -0.508 e. The lowest BCUT2D eigenvalue weighted by Gasteiger charge is -2.50. The van der Waals surface area contributed by atoms with Gasteiger partial charge in [-0.25, -0.2) is 0 Å². The lowest BCUT2D eigenvalue weighted by molar-refractivity contribution is -0.137. The van der Waals surface area contributed by atoms with Crippen LogP contribution < -0.4 is 0 Å². The number of fused-ring (bicyclic) bond motifs is 5. The number of phenolic OH excluding ortho intramolecular Hbond substituents is 1. The van der Waals surface area contributed by atoms with Crippen LogP contribution in [0.25, 0.3) is 0 Å². The van der Waals surface area contributed by atoms with Crippen molar-refractivity contribution in [2.24, 2.45) is 23.2 Å². The summed E-state index contributed by atoms with van der Waals surface area (Å²) < 4.78 is 0. The van der Waals surface area contributed by atoms with Gasteiger partial charge >= 0.3 is 5.97 Å². The first-order valence-electron chi connectivity index (χ1n) is 11.4. The van der Waals surface area contributed by atoms with Gasteiger partial charge in [0.2, 0.25) is 0 Å². The highest BCUT2D eigenvalue weighted by Gasteiger charge is 2.58. The predicted molar refractivity (Wildman–Crippen MR) is 112 cm³/mol. The highest BCUT2D eigenvalue weighted by Crippen LogP contribution is 2.62. The minimum absolute atomic E-state index is 0.199. The molecule has 0 aromatic heterocycles. The highest BCUT2D eigenvalue weighted by atomic mass is 16.4. The molecule has 0 bridgehead atoms. The summed E-state index contributed by atoms with van der Waals surface area (Å²) in [4.78, 5) is 24.0. The van der Waals surface area contributed by atoms with E-state index in [1.165, 1.54) is 11.1 Å². The van der Waals surface area contributed by atoms with E-state index in [1.807, 2.05) is 6.07 Å². The monoisotopic (exact) mass is 398 g/mol. The average Bonchev–Trinajstić information content (AvgIpc) is 2.92. The van der Waals surface area contributed by atoms with Gasteiger partial charge in [0.1, 0.15) is 11.5 Å². The van der Waals surface area contributed by atoms with E-state index in [4.69, 9.17) is 5.11 Å². The molecule has 3 unspecified atom stereocenters. The Bertz CT molecular complexity index is 813. The maximum Gasteiger partial charge on any atom is 0.303 e. The molecule has 2 fully saturated rings. The molecule has 3 aliphatic carbocycles. The summed E-state index contributed by atoms with van der Waals surface area (Å²) in [6.07, 6.45) is 8.30. The van der Waals surface area contributed by atoms with Crippen molar-refractivity contribution in [2.75, 3.05) is 0 Å². The number of carbonyl (C=O) groups is 2. The molecular weight excluding hydrogens is 364 g/mol. The molecule has 29 heavy (non-hydrogen) atoms. The van der Waals surface area contributed by atoms with Crippen LogP contribution in [-0.2, 0) is 22.4 Å². The van der Waals surface area contributed by atoms with Crippen LogP contribution in [-0.4, -0.2) is 22.0 Å². The fourth-order valence-electron chi connectivity index (χ4n) is 6.97. The number of aliphatic carboxylic acids is 1. The number of Topliss-reactive ketones (excluding diaryl/α,β-unsaturated/α-hetero) is 1. The smallest absolute Gasteiger partial charge is 0.303 e. The minimum atomic E-state index is -0.742. The lowest BCUT2D eigenvalue weighted by Crippen LogP contribution is -2.44. The first kappa shape index (κ1) is 20.4. The second-order valence-corrected chi connectivity index (χ2v) is 9.89. The molecule has 1 aromatic rings. The third-order valence-corrected chi connectivity index (χ3v) is 8.25. The number of hydrogen-bond acceptors (Lipinski definition) is 3. The Kier molecular flexibility index (Phi) is 5.48. The Balaban J connectivity index is 1.63. The summed E-state index contributed by atoms with van der Waals surface area (Å²) in [5.41, 5.74) is 3.53. The van der Waals surface area contributed by atoms with Crippen LogP contribution in [0.15, 0.2) is 12.1 Å². The van der Waals surface area contributed by atoms with E-state index in [2.05, 4.69) is 19.9 Å². The molecule has 158 valence electrons. The number of benzene rings is 1. The van der Waals surface area contributed by atoms with E-state index in [-0.39, 0.29) is 11.8 Å². The van der Waals surface area contributed by atoms with Crippen molar-refractivity contribution < 1.29 is 19.8 Å². The van der Waals surface area contributed by atoms with E-state index in [1.54, 1.807) is 0 Å². The van der Waals surface area contributed by atoms with Crippen molar-refractivity contribution in [3.8, 4) is 5.75 Å². The number of aromatic hydroxyl groups is 1. The molecule has 5 atom stereocenters. The Labute approximate surface area is 173 Å². The molecular formula is C25H34O4. The summed E-state index contributed by atoms with van der Waals surface area (Å²) in [5.74, 6) is 1.78. The molecule has 4 rings (SSSR count). The largest absolute Gasteiger partial charge is 0.508 e. The number of carboxylic acids is 1. The fraction of sp³-hybridized carbons (Fsp3) is 0.680. The molecule has 1 aromatic carbocycles. The number of rotatable bonds is 6. The number of ketones is 1. The molecule has 0 saturated heterocycles. The Hall–Kier alpha value is -1.84. The summed E-state index contributed by atoms with van der Waals surface area (Å²) in [7, 11) is 0. The van der Waals surface area contributed by atoms with E-state index in [0.29, 0.717) is 48.0 Å². The first-order valence-corrected chi connectivity index (χ1v) is 11.4. The summed E-state index contributed by atoms with van der Waals surface area (Å²) >= 11 is 0. The molecule has 3 aliphatic rings. The van der Waals surface area contributed by atoms with Gasteiger partial charge in [-0.15, -0.1) is 0 Å². The molecule has 0 amide bonds. The second-order valence-electron chi connectivity index (χ2n) is 9.89. The van der Waals surface area contributed by atoms with Crippen molar-refractivity contribution >= 4 is 11.8 Å². The molecule has 4 heteroatoms. The number of aryl methyl sites for hydroxylation is 2. The maximum atomic E-state index is 13.0. The van der Waals surface area contributed by atoms with Gasteiger partial charge in [-0.05, 0) is 91.4 Å². The van der Waals surface area contributed by atoms with Crippen molar-refractivity contribution in [3.63, 3.8) is 0 Å². The quantitative estimate of drug-likeness (QED) is 0.686. The summed E-state index contributed by atoms with van der Waals surface area (Å²) in [6, 6.07) is 4.25. The van der Waals surface area contributed by atoms with Crippen LogP contribution in [0.4, 0.5) is 0 Å². The van der Waals surface area contributed by atoms with Gasteiger partial charge in [0, 0.05) is 18.3 Å². The normalized spacial score (nSPS) is 33.1. The summed E-state index contributed by atoms with van der Waals surface area (Å²) in [5, 5.41) is 19.4. The van der Waals surface area contributed by atoms with Gasteiger partial charge in [-0.1, -0.05) is 26.3 Å². The van der Waals surface area contributed by atoms with Gasteiger partial charge in [0.15, 0.2) is 0 Å². The van der Waals surface area contributed by atoms with E-state index in [9.17, 15) is 14.7 Å². The van der Waals surface area contributed by atoms with Crippen LogP contribution in [0.2, 0.25) is 0 Å². The zero-order valence-electron chi connectivity index (χ0n) is 17.7. The van der Waals surface area contributed by atoms with Crippen molar-refractivity contribution in [2.45, 2.75) is 84.0 Å². The first-order chi connectivity index (χ1) is 13.8. The maximum absolute atomic E-state index is 13.0. The number of phenols is 1. The van der Waals surface area contributed by atoms with Crippen LogP contribution in [0.3, 0.4) is 0 Å². The molecule has 4 nitrogen and oxygen atoms in total. The van der Waals surface area contributed by atoms with Gasteiger partial charge in [-0.2, -0.15) is 0 Å². The Morgan fingerprint density at radius 3 is 2.79 bits per heavy atom. The SMILES string of the molecule is CCCc1cc2c(cc1O)CCC1C2CC[C@]2(C)C(=O)C[C@@H](CCCC(=O)O)C12. The average molecular weight is 399 g/mol. The second kappa shape index (κ2) is 7.77. The number of hydrogen-bond donors (Lipinski definition) is 2. The zero-order chi connectivity index (χ0) is 20.8. The van der Waals surface area contributed by atoms with Crippen molar-refractivity contribution in [1.29, 1.82) is 0 Å². The van der Waals surface area contributed by atoms with Gasteiger partial charge in [0.05, 0.1) is 0 Å². The van der Waals surface area contributed by atoms with Gasteiger partial charge < -0.3 is 10.2 Å². The standard InChI is InChI=1S/C25H34O4/c1-3-5-16-12-20-15(13-21(16)26)8-9-19-18(20)10-11-25(2)22(27)14-17(24(19)25)6-4-7-23(28)29/h12-13,17-19,24,26H,3-11,14H2,1-2H3,(H,28,29)/t17-,18?,19?,24?,25-/m1/s1. The molecule has 2 N–H and O–H groups in total. The summed E-state index contributed by atoms with van der Waals surface area (Å²) in [6.45, 7) is 4.32. The third-order valence-electron chi connectivity index (χ3n) is 8.25. The van der Waals surface area contributed by atoms with E-state index >= 15 is 0 Å². The van der Waals surface area contributed by atoms with Crippen LogP contribution in [0.1, 0.15) is 87.8 Å². The number of carbonyl (C=O) groups excluding carboxylic acids is 1. The topological polar surface area (TPSA) is 74.6 Å². The highest BCUT2D eigenvalue weighted by molar-refractivity contribution is 5.87. The molecule has 0 aliphatic heterocycles. The Morgan fingerprint density at radius 2 is 2.07 bits per heavy atom. The van der Waals surface area contributed by atoms with Crippen LogP contribution in [0, 0.1) is 23.2 Å². The van der Waals surface area contributed by atoms with Gasteiger partial charge in [0.25, 0.3) is 0 Å². The lowest BCUT2D eigenvalue weighted by atomic mass is 9.54. The van der Waals surface area contributed by atoms with Crippen molar-refractivity contribution in [1.82, 2.24) is 0 Å². The third kappa shape index (κ3) is 3.49. The predicted octanol–water partition coefficient (Wildman–Crippen LogP) is 5.25. The van der Waals surface area contributed by atoms with Crippen LogP contribution >= 0.6 is 0 Å². The number of carboxylic acid groups (broad SMARTS) is 1. The molecule has 0 spiro atoms. The molecule has 0 heterocycles. The zero-order valence-corrected chi connectivity index (χ0v) is 17.7. The fourth-order valence-corrected chi connectivity index (χ4v) is 6.97. The van der Waals surface area contributed by atoms with Crippen LogP contribution in [0.5, 0.6) is 5.75 Å². The molecule has 0 radical (unpaired) electrons. The van der Waals surface area contributed by atoms with Crippen molar-refractivity contribution in [3.05, 3.63) is 28.8 Å². The van der Waals surface area contributed by atoms with E-state index < -0.39 is 5.97 Å². The molecule has 2 saturated carbocycles. The Morgan fingerprint density at radius 1 is 1.28 bits per heavy atom.